The number of phenols is 1. The molecule has 0 heterocycles. The van der Waals surface area contributed by atoms with E-state index in [1.54, 1.807) is 12.1 Å². The molecule has 2 rings (SSSR count). The molecule has 21 heavy (non-hydrogen) atoms. The highest BCUT2D eigenvalue weighted by Gasteiger charge is 2.14. The number of aryl methyl sites for hydroxylation is 3. The van der Waals surface area contributed by atoms with E-state index in [1.807, 2.05) is 0 Å². The summed E-state index contributed by atoms with van der Waals surface area (Å²) in [4.78, 5) is 0. The molecule has 0 aliphatic rings. The van der Waals surface area contributed by atoms with Crippen molar-refractivity contribution in [3.8, 4) is 5.75 Å². The van der Waals surface area contributed by atoms with Crippen molar-refractivity contribution in [2.45, 2.75) is 33.7 Å². The number of rotatable bonds is 3. The molecule has 112 valence electrons. The topological polar surface area (TPSA) is 32.3 Å². The zero-order chi connectivity index (χ0) is 15.7. The van der Waals surface area contributed by atoms with Crippen LogP contribution in [-0.4, -0.2) is 5.11 Å². The summed E-state index contributed by atoms with van der Waals surface area (Å²) in [5, 5.41) is 13.5. The van der Waals surface area contributed by atoms with Gasteiger partial charge in [-0.15, -0.1) is 0 Å². The lowest BCUT2D eigenvalue weighted by Gasteiger charge is -2.21. The summed E-state index contributed by atoms with van der Waals surface area (Å²) >= 11 is 11.9. The highest BCUT2D eigenvalue weighted by molar-refractivity contribution is 6.37. The molecule has 2 nitrogen and oxygen atoms in total. The minimum atomic E-state index is -0.0840. The maximum absolute atomic E-state index is 9.61. The fourth-order valence-electron chi connectivity index (χ4n) is 2.85. The van der Waals surface area contributed by atoms with Crippen LogP contribution in [0.2, 0.25) is 10.0 Å². The standard InChI is InChI=1S/C17H19Cl2NO/c1-9-5-10(2)16(11(3)6-9)12(4)20-13-7-14(18)17(21)15(19)8-13/h5-8,12,20-21H,1-4H3. The van der Waals surface area contributed by atoms with Gasteiger partial charge < -0.3 is 10.4 Å². The van der Waals surface area contributed by atoms with Gasteiger partial charge in [0.05, 0.1) is 10.0 Å². The van der Waals surface area contributed by atoms with Gasteiger partial charge in [-0.05, 0) is 56.5 Å². The first-order valence-electron chi connectivity index (χ1n) is 6.82. The quantitative estimate of drug-likeness (QED) is 0.700. The maximum Gasteiger partial charge on any atom is 0.152 e. The summed E-state index contributed by atoms with van der Waals surface area (Å²) in [6, 6.07) is 7.83. The Morgan fingerprint density at radius 1 is 0.952 bits per heavy atom. The molecular formula is C17H19Cl2NO. The van der Waals surface area contributed by atoms with Crippen LogP contribution in [0.15, 0.2) is 24.3 Å². The normalized spacial score (nSPS) is 12.3. The number of benzene rings is 2. The minimum absolute atomic E-state index is 0.0840. The molecule has 2 N–H and O–H groups in total. The molecule has 0 saturated carbocycles. The average Bonchev–Trinajstić information content (AvgIpc) is 2.34. The predicted octanol–water partition coefficient (Wildman–Crippen LogP) is 5.80. The van der Waals surface area contributed by atoms with E-state index in [4.69, 9.17) is 23.2 Å². The summed E-state index contributed by atoms with van der Waals surface area (Å²) in [7, 11) is 0. The van der Waals surface area contributed by atoms with Crippen molar-refractivity contribution in [3.05, 3.63) is 56.6 Å². The Labute approximate surface area is 135 Å². The van der Waals surface area contributed by atoms with Gasteiger partial charge in [-0.2, -0.15) is 0 Å². The van der Waals surface area contributed by atoms with E-state index in [1.165, 1.54) is 22.3 Å². The zero-order valence-corrected chi connectivity index (χ0v) is 14.1. The Balaban J connectivity index is 2.32. The van der Waals surface area contributed by atoms with Crippen molar-refractivity contribution >= 4 is 28.9 Å². The predicted molar refractivity (Wildman–Crippen MR) is 90.8 cm³/mol. The van der Waals surface area contributed by atoms with Gasteiger partial charge >= 0.3 is 0 Å². The summed E-state index contributed by atoms with van der Waals surface area (Å²) in [6.07, 6.45) is 0. The Kier molecular flexibility index (Phi) is 4.70. The van der Waals surface area contributed by atoms with Crippen LogP contribution in [-0.2, 0) is 0 Å². The molecule has 0 fully saturated rings. The summed E-state index contributed by atoms with van der Waals surface area (Å²) in [5.74, 6) is -0.0840. The highest BCUT2D eigenvalue weighted by atomic mass is 35.5. The SMILES string of the molecule is Cc1cc(C)c(C(C)Nc2cc(Cl)c(O)c(Cl)c2)c(C)c1. The van der Waals surface area contributed by atoms with Crippen LogP contribution >= 0.6 is 23.2 Å². The molecule has 0 radical (unpaired) electrons. The molecule has 0 aliphatic heterocycles. The van der Waals surface area contributed by atoms with E-state index in [0.29, 0.717) is 0 Å². The monoisotopic (exact) mass is 323 g/mol. The van der Waals surface area contributed by atoms with Crippen LogP contribution in [0.25, 0.3) is 0 Å². The van der Waals surface area contributed by atoms with Crippen LogP contribution in [0.4, 0.5) is 5.69 Å². The molecule has 0 spiro atoms. The molecule has 2 aromatic rings. The number of hydrogen-bond acceptors (Lipinski definition) is 2. The van der Waals surface area contributed by atoms with Crippen molar-refractivity contribution in [2.24, 2.45) is 0 Å². The van der Waals surface area contributed by atoms with Gasteiger partial charge in [0.1, 0.15) is 0 Å². The Hall–Kier alpha value is -1.38. The van der Waals surface area contributed by atoms with Crippen LogP contribution in [0.5, 0.6) is 5.75 Å². The van der Waals surface area contributed by atoms with Gasteiger partial charge in [-0.25, -0.2) is 0 Å². The summed E-state index contributed by atoms with van der Waals surface area (Å²) in [6.45, 7) is 8.43. The van der Waals surface area contributed by atoms with Crippen molar-refractivity contribution in [1.29, 1.82) is 0 Å². The number of nitrogens with one attached hydrogen (secondary N) is 1. The van der Waals surface area contributed by atoms with E-state index < -0.39 is 0 Å². The van der Waals surface area contributed by atoms with Crippen molar-refractivity contribution in [1.82, 2.24) is 0 Å². The van der Waals surface area contributed by atoms with Gasteiger partial charge in [0.2, 0.25) is 0 Å². The molecular weight excluding hydrogens is 305 g/mol. The third-order valence-electron chi connectivity index (χ3n) is 3.57. The lowest BCUT2D eigenvalue weighted by Crippen LogP contribution is -2.10. The average molecular weight is 324 g/mol. The molecule has 0 saturated heterocycles. The summed E-state index contributed by atoms with van der Waals surface area (Å²) in [5.41, 5.74) is 5.82. The van der Waals surface area contributed by atoms with Gasteiger partial charge in [0, 0.05) is 11.7 Å². The van der Waals surface area contributed by atoms with Gasteiger partial charge in [-0.1, -0.05) is 40.9 Å². The van der Waals surface area contributed by atoms with Crippen molar-refractivity contribution in [2.75, 3.05) is 5.32 Å². The number of anilines is 1. The second-order valence-corrected chi connectivity index (χ2v) is 6.28. The Morgan fingerprint density at radius 2 is 1.43 bits per heavy atom. The van der Waals surface area contributed by atoms with E-state index in [9.17, 15) is 5.11 Å². The second kappa shape index (κ2) is 6.17. The van der Waals surface area contributed by atoms with Gasteiger partial charge in [-0.3, -0.25) is 0 Å². The number of aromatic hydroxyl groups is 1. The highest BCUT2D eigenvalue weighted by Crippen LogP contribution is 2.36. The van der Waals surface area contributed by atoms with E-state index in [0.717, 1.165) is 5.69 Å². The fourth-order valence-corrected chi connectivity index (χ4v) is 3.33. The fraction of sp³-hybridized carbons (Fsp3) is 0.294. The Morgan fingerprint density at radius 3 is 1.90 bits per heavy atom. The van der Waals surface area contributed by atoms with Crippen LogP contribution in [0.1, 0.15) is 35.2 Å². The molecule has 0 aliphatic carbocycles. The lowest BCUT2D eigenvalue weighted by atomic mass is 9.95. The van der Waals surface area contributed by atoms with Gasteiger partial charge in [0.15, 0.2) is 5.75 Å². The number of halogens is 2. The lowest BCUT2D eigenvalue weighted by molar-refractivity contribution is 0.476. The minimum Gasteiger partial charge on any atom is -0.505 e. The second-order valence-electron chi connectivity index (χ2n) is 5.47. The van der Waals surface area contributed by atoms with Crippen molar-refractivity contribution < 1.29 is 5.11 Å². The van der Waals surface area contributed by atoms with E-state index in [-0.39, 0.29) is 21.8 Å². The first-order valence-corrected chi connectivity index (χ1v) is 7.57. The first kappa shape index (κ1) is 16.0. The first-order chi connectivity index (χ1) is 9.79. The smallest absolute Gasteiger partial charge is 0.152 e. The number of phenolic OH excluding ortho intramolecular Hbond substituents is 1. The maximum atomic E-state index is 9.61. The molecule has 0 amide bonds. The molecule has 0 bridgehead atoms. The third-order valence-corrected chi connectivity index (χ3v) is 4.15. The molecule has 2 aromatic carbocycles. The largest absolute Gasteiger partial charge is 0.505 e. The molecule has 1 unspecified atom stereocenters. The Bertz CT molecular complexity index is 636. The molecule has 4 heteroatoms. The van der Waals surface area contributed by atoms with Gasteiger partial charge in [0.25, 0.3) is 0 Å². The van der Waals surface area contributed by atoms with Crippen LogP contribution in [0, 0.1) is 20.8 Å². The summed E-state index contributed by atoms with van der Waals surface area (Å²) < 4.78 is 0. The van der Waals surface area contributed by atoms with Crippen LogP contribution in [0.3, 0.4) is 0 Å². The number of hydrogen-bond donors (Lipinski definition) is 2. The van der Waals surface area contributed by atoms with Crippen LogP contribution < -0.4 is 5.32 Å². The molecule has 0 aromatic heterocycles. The van der Waals surface area contributed by atoms with E-state index in [2.05, 4.69) is 45.1 Å². The zero-order valence-electron chi connectivity index (χ0n) is 12.6. The van der Waals surface area contributed by atoms with Crippen molar-refractivity contribution in [3.63, 3.8) is 0 Å². The van der Waals surface area contributed by atoms with E-state index >= 15 is 0 Å². The third kappa shape index (κ3) is 3.45. The molecule has 1 atom stereocenters.